The summed E-state index contributed by atoms with van der Waals surface area (Å²) in [5, 5.41) is 2.90. The van der Waals surface area contributed by atoms with Crippen molar-refractivity contribution in [3.8, 4) is 11.5 Å². The van der Waals surface area contributed by atoms with Crippen molar-refractivity contribution in [2.75, 3.05) is 31.9 Å². The molecule has 0 saturated carbocycles. The second-order valence-electron chi connectivity index (χ2n) is 5.56. The van der Waals surface area contributed by atoms with Crippen molar-refractivity contribution in [2.24, 2.45) is 5.73 Å². The summed E-state index contributed by atoms with van der Waals surface area (Å²) >= 11 is 7.14. The lowest BCUT2D eigenvalue weighted by molar-refractivity contribution is -0.119. The quantitative estimate of drug-likeness (QED) is 0.456. The molecule has 0 unspecified atom stereocenters. The van der Waals surface area contributed by atoms with Crippen molar-refractivity contribution in [2.45, 2.75) is 4.90 Å². The minimum atomic E-state index is -0.701. The van der Waals surface area contributed by atoms with Crippen LogP contribution in [0.1, 0.15) is 10.4 Å². The molecule has 0 aliphatic heterocycles. The number of primary amides is 1. The van der Waals surface area contributed by atoms with E-state index >= 15 is 0 Å². The molecule has 0 aromatic heterocycles. The molecule has 2 aromatic rings. The summed E-state index contributed by atoms with van der Waals surface area (Å²) in [5.74, 6) is -1.10. The van der Waals surface area contributed by atoms with Gasteiger partial charge in [-0.2, -0.15) is 0 Å². The highest BCUT2D eigenvalue weighted by Gasteiger charge is 2.17. The molecule has 0 aliphatic carbocycles. The SMILES string of the molecule is COc1cc(NC(=O)COC(=O)c2ccccc2SCC(N)=O)c(OC)cc1Cl. The van der Waals surface area contributed by atoms with Gasteiger partial charge in [0.05, 0.1) is 36.2 Å². The maximum absolute atomic E-state index is 12.3. The van der Waals surface area contributed by atoms with E-state index in [4.69, 9.17) is 31.5 Å². The van der Waals surface area contributed by atoms with Crippen LogP contribution in [-0.4, -0.2) is 44.4 Å². The topological polar surface area (TPSA) is 117 Å². The van der Waals surface area contributed by atoms with Crippen LogP contribution in [0.15, 0.2) is 41.3 Å². The molecular formula is C19H19ClN2O6S. The molecule has 0 aliphatic rings. The molecule has 0 radical (unpaired) electrons. The number of halogens is 1. The number of thioether (sulfide) groups is 1. The molecule has 3 N–H and O–H groups in total. The predicted molar refractivity (Wildman–Crippen MR) is 110 cm³/mol. The van der Waals surface area contributed by atoms with E-state index in [0.29, 0.717) is 27.1 Å². The van der Waals surface area contributed by atoms with Crippen molar-refractivity contribution in [1.29, 1.82) is 0 Å². The van der Waals surface area contributed by atoms with E-state index in [1.54, 1.807) is 18.2 Å². The van der Waals surface area contributed by atoms with E-state index in [1.807, 2.05) is 0 Å². The number of carbonyl (C=O) groups is 3. The number of benzene rings is 2. The van der Waals surface area contributed by atoms with Crippen LogP contribution < -0.4 is 20.5 Å². The second-order valence-corrected chi connectivity index (χ2v) is 6.99. The highest BCUT2D eigenvalue weighted by atomic mass is 35.5. The molecule has 154 valence electrons. The third-order valence-electron chi connectivity index (χ3n) is 3.56. The van der Waals surface area contributed by atoms with Crippen molar-refractivity contribution in [1.82, 2.24) is 0 Å². The fraction of sp³-hybridized carbons (Fsp3) is 0.211. The summed E-state index contributed by atoms with van der Waals surface area (Å²) in [6, 6.07) is 9.56. The molecule has 2 aromatic carbocycles. The van der Waals surface area contributed by atoms with Gasteiger partial charge in [-0.25, -0.2) is 4.79 Å². The molecule has 0 spiro atoms. The lowest BCUT2D eigenvalue weighted by Crippen LogP contribution is -2.21. The monoisotopic (exact) mass is 438 g/mol. The molecule has 8 nitrogen and oxygen atoms in total. The highest BCUT2D eigenvalue weighted by Crippen LogP contribution is 2.35. The Kier molecular flexibility index (Phi) is 8.17. The van der Waals surface area contributed by atoms with Crippen LogP contribution in [0.4, 0.5) is 5.69 Å². The van der Waals surface area contributed by atoms with Gasteiger partial charge < -0.3 is 25.3 Å². The Morgan fingerprint density at radius 1 is 1.10 bits per heavy atom. The standard InChI is InChI=1S/C19H19ClN2O6S/c1-26-14-8-13(15(27-2)7-12(14)20)22-18(24)9-28-19(25)11-5-3-4-6-16(11)29-10-17(21)23/h3-8H,9-10H2,1-2H3,(H2,21,23)(H,22,24). The predicted octanol–water partition coefficient (Wildman–Crippen LogP) is 2.73. The Balaban J connectivity index is 2.03. The van der Waals surface area contributed by atoms with Crippen LogP contribution in [0.2, 0.25) is 5.02 Å². The first-order chi connectivity index (χ1) is 13.8. The number of rotatable bonds is 9. The van der Waals surface area contributed by atoms with Gasteiger partial charge in [0.1, 0.15) is 11.5 Å². The summed E-state index contributed by atoms with van der Waals surface area (Å²) in [6.45, 7) is -0.526. The van der Waals surface area contributed by atoms with Crippen molar-refractivity contribution in [3.05, 3.63) is 47.0 Å². The number of methoxy groups -OCH3 is 2. The number of anilines is 1. The molecule has 2 rings (SSSR count). The summed E-state index contributed by atoms with van der Waals surface area (Å²) in [7, 11) is 2.86. The average Bonchev–Trinajstić information content (AvgIpc) is 2.71. The maximum Gasteiger partial charge on any atom is 0.339 e. The van der Waals surface area contributed by atoms with Crippen LogP contribution in [0.3, 0.4) is 0 Å². The summed E-state index contributed by atoms with van der Waals surface area (Å²) in [6.07, 6.45) is 0. The normalized spacial score (nSPS) is 10.2. The van der Waals surface area contributed by atoms with Crippen LogP contribution in [-0.2, 0) is 14.3 Å². The molecule has 0 fully saturated rings. The van der Waals surface area contributed by atoms with E-state index in [1.165, 1.54) is 32.4 Å². The van der Waals surface area contributed by atoms with Crippen LogP contribution in [0, 0.1) is 0 Å². The Morgan fingerprint density at radius 3 is 2.45 bits per heavy atom. The first-order valence-corrected chi connectivity index (χ1v) is 9.60. The molecule has 2 amide bonds. The zero-order valence-electron chi connectivity index (χ0n) is 15.7. The van der Waals surface area contributed by atoms with E-state index in [-0.39, 0.29) is 11.3 Å². The summed E-state index contributed by atoms with van der Waals surface area (Å²) < 4.78 is 15.4. The molecule has 0 atom stereocenters. The largest absolute Gasteiger partial charge is 0.495 e. The number of nitrogens with two attached hydrogens (primary N) is 1. The van der Waals surface area contributed by atoms with Crippen LogP contribution in [0.25, 0.3) is 0 Å². The number of amides is 2. The minimum Gasteiger partial charge on any atom is -0.495 e. The Morgan fingerprint density at radius 2 is 1.79 bits per heavy atom. The molecule has 10 heteroatoms. The smallest absolute Gasteiger partial charge is 0.339 e. The zero-order chi connectivity index (χ0) is 21.4. The fourth-order valence-corrected chi connectivity index (χ4v) is 3.27. The van der Waals surface area contributed by atoms with Gasteiger partial charge in [0.2, 0.25) is 5.91 Å². The van der Waals surface area contributed by atoms with Gasteiger partial charge in [-0.3, -0.25) is 9.59 Å². The van der Waals surface area contributed by atoms with E-state index < -0.39 is 24.4 Å². The van der Waals surface area contributed by atoms with Crippen LogP contribution >= 0.6 is 23.4 Å². The Bertz CT molecular complexity index is 922. The Labute approximate surface area is 176 Å². The lowest BCUT2D eigenvalue weighted by atomic mass is 10.2. The molecule has 29 heavy (non-hydrogen) atoms. The van der Waals surface area contributed by atoms with Crippen molar-refractivity contribution >= 4 is 46.8 Å². The fourth-order valence-electron chi connectivity index (χ4n) is 2.26. The van der Waals surface area contributed by atoms with Gasteiger partial charge in [-0.1, -0.05) is 23.7 Å². The van der Waals surface area contributed by atoms with E-state index in [2.05, 4.69) is 5.32 Å². The lowest BCUT2D eigenvalue weighted by Gasteiger charge is -2.13. The molecule has 0 bridgehead atoms. The maximum atomic E-state index is 12.3. The number of hydrogen-bond donors (Lipinski definition) is 2. The number of carbonyl (C=O) groups excluding carboxylic acids is 3. The second kappa shape index (κ2) is 10.6. The first kappa shape index (κ1) is 22.4. The number of ether oxygens (including phenoxy) is 3. The van der Waals surface area contributed by atoms with Crippen LogP contribution in [0.5, 0.6) is 11.5 Å². The highest BCUT2D eigenvalue weighted by molar-refractivity contribution is 8.00. The number of hydrogen-bond acceptors (Lipinski definition) is 7. The Hall–Kier alpha value is -2.91. The number of nitrogens with one attached hydrogen (secondary N) is 1. The van der Waals surface area contributed by atoms with Gasteiger partial charge in [0.25, 0.3) is 5.91 Å². The van der Waals surface area contributed by atoms with Gasteiger partial charge in [0, 0.05) is 17.0 Å². The molecule has 0 saturated heterocycles. The first-order valence-electron chi connectivity index (χ1n) is 8.24. The van der Waals surface area contributed by atoms with Gasteiger partial charge >= 0.3 is 5.97 Å². The van der Waals surface area contributed by atoms with Gasteiger partial charge in [-0.05, 0) is 12.1 Å². The summed E-state index contributed by atoms with van der Waals surface area (Å²) in [4.78, 5) is 36.1. The van der Waals surface area contributed by atoms with Gasteiger partial charge in [-0.15, -0.1) is 11.8 Å². The third-order valence-corrected chi connectivity index (χ3v) is 4.95. The third kappa shape index (κ3) is 6.30. The molecule has 0 heterocycles. The number of esters is 1. The molecular weight excluding hydrogens is 420 g/mol. The van der Waals surface area contributed by atoms with Crippen molar-refractivity contribution in [3.63, 3.8) is 0 Å². The minimum absolute atomic E-state index is 0.0168. The summed E-state index contributed by atoms with van der Waals surface area (Å²) in [5.41, 5.74) is 5.68. The van der Waals surface area contributed by atoms with Crippen molar-refractivity contribution < 1.29 is 28.6 Å². The average molecular weight is 439 g/mol. The van der Waals surface area contributed by atoms with E-state index in [9.17, 15) is 14.4 Å². The zero-order valence-corrected chi connectivity index (χ0v) is 17.3. The van der Waals surface area contributed by atoms with Gasteiger partial charge in [0.15, 0.2) is 6.61 Å². The van der Waals surface area contributed by atoms with E-state index in [0.717, 1.165) is 11.8 Å².